The molecule has 90 valence electrons. The fourth-order valence-electron chi connectivity index (χ4n) is 1.32. The van der Waals surface area contributed by atoms with Gasteiger partial charge in [0, 0.05) is 6.08 Å². The van der Waals surface area contributed by atoms with Gasteiger partial charge in [0.1, 0.15) is 0 Å². The van der Waals surface area contributed by atoms with Gasteiger partial charge >= 0.3 is 5.97 Å². The van der Waals surface area contributed by atoms with E-state index in [1.165, 1.54) is 11.6 Å². The van der Waals surface area contributed by atoms with Crippen LogP contribution in [0.4, 0.5) is 0 Å². The van der Waals surface area contributed by atoms with Crippen molar-refractivity contribution in [1.29, 1.82) is 0 Å². The van der Waals surface area contributed by atoms with Crippen LogP contribution in [-0.4, -0.2) is 12.6 Å². The van der Waals surface area contributed by atoms with E-state index in [4.69, 9.17) is 4.74 Å². The average molecular weight is 230 g/mol. The fraction of sp³-hybridized carbons (Fsp3) is 0.267. The molecule has 1 aromatic rings. The monoisotopic (exact) mass is 230 g/mol. The lowest BCUT2D eigenvalue weighted by Gasteiger charge is -1.97. The highest BCUT2D eigenvalue weighted by Gasteiger charge is 1.95. The smallest absolute Gasteiger partial charge is 0.330 e. The largest absolute Gasteiger partial charge is 0.463 e. The van der Waals surface area contributed by atoms with Crippen molar-refractivity contribution < 1.29 is 9.53 Å². The maximum Gasteiger partial charge on any atom is 0.330 e. The lowest BCUT2D eigenvalue weighted by molar-refractivity contribution is -0.137. The van der Waals surface area contributed by atoms with Gasteiger partial charge in [-0.05, 0) is 31.9 Å². The van der Waals surface area contributed by atoms with Gasteiger partial charge in [-0.2, -0.15) is 0 Å². The molecule has 0 heterocycles. The maximum atomic E-state index is 11.2. The second kappa shape index (κ2) is 6.69. The molecule has 0 atom stereocenters. The Kier molecular flexibility index (Phi) is 5.21. The van der Waals surface area contributed by atoms with Crippen LogP contribution in [0.1, 0.15) is 25.0 Å². The Labute approximate surface area is 103 Å². The number of allylic oxidation sites excluding steroid dienone is 2. The molecule has 0 aliphatic rings. The molecule has 2 nitrogen and oxygen atoms in total. The van der Waals surface area contributed by atoms with Crippen molar-refractivity contribution in [2.24, 2.45) is 0 Å². The molecular formula is C15H18O2. The lowest BCUT2D eigenvalue weighted by Crippen LogP contribution is -1.99. The van der Waals surface area contributed by atoms with Crippen LogP contribution < -0.4 is 0 Å². The van der Waals surface area contributed by atoms with Crippen molar-refractivity contribution >= 4 is 12.0 Å². The minimum absolute atomic E-state index is 0.293. The van der Waals surface area contributed by atoms with Gasteiger partial charge in [0.05, 0.1) is 6.61 Å². The number of hydrogen-bond acceptors (Lipinski definition) is 2. The average Bonchev–Trinajstić information content (AvgIpc) is 2.28. The molecule has 0 amide bonds. The summed E-state index contributed by atoms with van der Waals surface area (Å²) in [6, 6.07) is 8.21. The quantitative estimate of drug-likeness (QED) is 0.449. The van der Waals surface area contributed by atoms with Gasteiger partial charge in [-0.3, -0.25) is 0 Å². The molecule has 0 unspecified atom stereocenters. The molecule has 0 spiro atoms. The van der Waals surface area contributed by atoms with E-state index >= 15 is 0 Å². The number of aryl methyl sites for hydroxylation is 1. The summed E-state index contributed by atoms with van der Waals surface area (Å²) in [6.45, 7) is 6.13. The number of esters is 1. The van der Waals surface area contributed by atoms with Crippen LogP contribution in [0.2, 0.25) is 0 Å². The third-order valence-corrected chi connectivity index (χ3v) is 2.25. The molecular weight excluding hydrogens is 212 g/mol. The molecule has 0 radical (unpaired) electrons. The van der Waals surface area contributed by atoms with E-state index in [-0.39, 0.29) is 5.97 Å². The van der Waals surface area contributed by atoms with Crippen molar-refractivity contribution in [3.05, 3.63) is 53.1 Å². The Morgan fingerprint density at radius 3 is 2.53 bits per heavy atom. The minimum Gasteiger partial charge on any atom is -0.463 e. The second-order valence-electron chi connectivity index (χ2n) is 3.88. The number of ether oxygens (including phenoxy) is 1. The van der Waals surface area contributed by atoms with E-state index in [1.54, 1.807) is 6.92 Å². The molecule has 0 N–H and O–H groups in total. The highest BCUT2D eigenvalue weighted by molar-refractivity contribution is 5.83. The SMILES string of the molecule is CCOC(=O)/C=C(C)/C=C/c1ccc(C)cc1. The Bertz CT molecular complexity index is 425. The van der Waals surface area contributed by atoms with E-state index in [0.29, 0.717) is 6.61 Å². The van der Waals surface area contributed by atoms with Crippen LogP contribution in [0, 0.1) is 6.92 Å². The zero-order valence-corrected chi connectivity index (χ0v) is 10.6. The van der Waals surface area contributed by atoms with Gasteiger partial charge in [-0.25, -0.2) is 4.79 Å². The van der Waals surface area contributed by atoms with Gasteiger partial charge in [0.2, 0.25) is 0 Å². The summed E-state index contributed by atoms with van der Waals surface area (Å²) in [5.41, 5.74) is 3.23. The molecule has 0 aliphatic carbocycles. The van der Waals surface area contributed by atoms with Gasteiger partial charge in [-0.1, -0.05) is 42.0 Å². The van der Waals surface area contributed by atoms with Crippen LogP contribution in [0.5, 0.6) is 0 Å². The molecule has 2 heteroatoms. The topological polar surface area (TPSA) is 26.3 Å². The summed E-state index contributed by atoms with van der Waals surface area (Å²) in [4.78, 5) is 11.2. The highest BCUT2D eigenvalue weighted by Crippen LogP contribution is 2.07. The van der Waals surface area contributed by atoms with Crippen LogP contribution in [0.3, 0.4) is 0 Å². The standard InChI is InChI=1S/C15H18O2/c1-4-17-15(16)11-13(3)7-10-14-8-5-12(2)6-9-14/h5-11H,4H2,1-3H3/b10-7+,13-11+. The Morgan fingerprint density at radius 1 is 1.29 bits per heavy atom. The second-order valence-corrected chi connectivity index (χ2v) is 3.88. The summed E-state index contributed by atoms with van der Waals surface area (Å²) in [7, 11) is 0. The molecule has 0 aromatic heterocycles. The van der Waals surface area contributed by atoms with Crippen molar-refractivity contribution in [1.82, 2.24) is 0 Å². The number of benzene rings is 1. The molecule has 0 fully saturated rings. The summed E-state index contributed by atoms with van der Waals surface area (Å²) >= 11 is 0. The van der Waals surface area contributed by atoms with Crippen LogP contribution in [-0.2, 0) is 9.53 Å². The van der Waals surface area contributed by atoms with Gasteiger partial charge in [-0.15, -0.1) is 0 Å². The zero-order valence-electron chi connectivity index (χ0n) is 10.6. The van der Waals surface area contributed by atoms with Gasteiger partial charge in [0.25, 0.3) is 0 Å². The Hall–Kier alpha value is -1.83. The third-order valence-electron chi connectivity index (χ3n) is 2.25. The van der Waals surface area contributed by atoms with Crippen molar-refractivity contribution in [3.63, 3.8) is 0 Å². The highest BCUT2D eigenvalue weighted by atomic mass is 16.5. The Balaban J connectivity index is 2.64. The zero-order chi connectivity index (χ0) is 12.7. The van der Waals surface area contributed by atoms with Crippen LogP contribution in [0.25, 0.3) is 6.08 Å². The van der Waals surface area contributed by atoms with Crippen molar-refractivity contribution in [3.8, 4) is 0 Å². The maximum absolute atomic E-state index is 11.2. The van der Waals surface area contributed by atoms with Gasteiger partial charge < -0.3 is 4.74 Å². The molecule has 1 aromatic carbocycles. The normalized spacial score (nSPS) is 11.8. The fourth-order valence-corrected chi connectivity index (χ4v) is 1.32. The van der Waals surface area contributed by atoms with Crippen molar-refractivity contribution in [2.75, 3.05) is 6.61 Å². The number of carbonyl (C=O) groups excluding carboxylic acids is 1. The molecule has 17 heavy (non-hydrogen) atoms. The van der Waals surface area contributed by atoms with E-state index < -0.39 is 0 Å². The molecule has 1 rings (SSSR count). The molecule has 0 aliphatic heterocycles. The molecule has 0 saturated carbocycles. The van der Waals surface area contributed by atoms with Crippen molar-refractivity contribution in [2.45, 2.75) is 20.8 Å². The molecule has 0 saturated heterocycles. The van der Waals surface area contributed by atoms with Crippen LogP contribution in [0.15, 0.2) is 42.0 Å². The first-order valence-corrected chi connectivity index (χ1v) is 5.71. The first-order chi connectivity index (χ1) is 8.11. The van der Waals surface area contributed by atoms with Crippen LogP contribution >= 0.6 is 0 Å². The predicted octanol–water partition coefficient (Wildman–Crippen LogP) is 3.52. The molecule has 0 bridgehead atoms. The van der Waals surface area contributed by atoms with E-state index in [2.05, 4.69) is 19.1 Å². The summed E-state index contributed by atoms with van der Waals surface area (Å²) in [5, 5.41) is 0. The van der Waals surface area contributed by atoms with E-state index in [0.717, 1.165) is 11.1 Å². The summed E-state index contributed by atoms with van der Waals surface area (Å²) < 4.78 is 4.83. The number of carbonyl (C=O) groups is 1. The first-order valence-electron chi connectivity index (χ1n) is 5.71. The number of hydrogen-bond donors (Lipinski definition) is 0. The minimum atomic E-state index is -0.293. The number of rotatable bonds is 4. The van der Waals surface area contributed by atoms with E-state index in [1.807, 2.05) is 31.2 Å². The summed E-state index contributed by atoms with van der Waals surface area (Å²) in [5.74, 6) is -0.293. The Morgan fingerprint density at radius 2 is 1.94 bits per heavy atom. The van der Waals surface area contributed by atoms with Gasteiger partial charge in [0.15, 0.2) is 0 Å². The lowest BCUT2D eigenvalue weighted by atomic mass is 10.1. The summed E-state index contributed by atoms with van der Waals surface area (Å²) in [6.07, 6.45) is 5.38. The van der Waals surface area contributed by atoms with E-state index in [9.17, 15) is 4.79 Å². The third kappa shape index (κ3) is 5.16. The predicted molar refractivity (Wildman–Crippen MR) is 70.6 cm³/mol. The first kappa shape index (κ1) is 13.2.